The third-order valence-corrected chi connectivity index (χ3v) is 3.36. The Morgan fingerprint density at radius 1 is 1.09 bits per heavy atom. The molecule has 0 fully saturated rings. The number of nitrogens with one attached hydrogen (secondary N) is 1. The normalized spacial score (nSPS) is 10.1. The topological polar surface area (TPSA) is 67.8 Å². The average Bonchev–Trinajstić information content (AvgIpc) is 2.55. The molecule has 5 heteroatoms. The fraction of sp³-hybridized carbons (Fsp3) is 0.235. The second-order valence-electron chi connectivity index (χ2n) is 4.72. The van der Waals surface area contributed by atoms with Gasteiger partial charge in [0.2, 0.25) is 0 Å². The van der Waals surface area contributed by atoms with Gasteiger partial charge in [-0.15, -0.1) is 0 Å². The zero-order chi connectivity index (χ0) is 16.1. The highest BCUT2D eigenvalue weighted by atomic mass is 16.5. The number of methoxy groups -OCH3 is 2. The maximum Gasteiger partial charge on any atom is 0.256 e. The van der Waals surface area contributed by atoms with E-state index in [4.69, 9.17) is 9.47 Å². The Kier molecular flexibility index (Phi) is 4.88. The summed E-state index contributed by atoms with van der Waals surface area (Å²) in [5.74, 6) is 1.03. The van der Waals surface area contributed by atoms with Crippen molar-refractivity contribution in [1.82, 2.24) is 0 Å². The van der Waals surface area contributed by atoms with Crippen molar-refractivity contribution in [3.8, 4) is 17.2 Å². The Hall–Kier alpha value is -2.69. The van der Waals surface area contributed by atoms with Gasteiger partial charge in [0.25, 0.3) is 5.91 Å². The molecule has 0 saturated heterocycles. The molecule has 0 heterocycles. The molecule has 116 valence electrons. The Bertz CT molecular complexity index is 665. The van der Waals surface area contributed by atoms with Crippen molar-refractivity contribution in [2.75, 3.05) is 19.5 Å². The summed E-state index contributed by atoms with van der Waals surface area (Å²) >= 11 is 0. The fourth-order valence-corrected chi connectivity index (χ4v) is 2.17. The second kappa shape index (κ2) is 6.85. The standard InChI is InChI=1S/C17H19NO4/c1-4-11-9-15(21-2)16(22-3)10-14(11)17(20)18-12-5-7-13(19)8-6-12/h5-10,19H,4H2,1-3H3,(H,18,20). The van der Waals surface area contributed by atoms with Crippen LogP contribution in [0.25, 0.3) is 0 Å². The van der Waals surface area contributed by atoms with Gasteiger partial charge in [-0.3, -0.25) is 4.79 Å². The molecular weight excluding hydrogens is 282 g/mol. The minimum atomic E-state index is -0.233. The molecule has 0 spiro atoms. The van der Waals surface area contributed by atoms with Crippen LogP contribution in [0.3, 0.4) is 0 Å². The highest BCUT2D eigenvalue weighted by molar-refractivity contribution is 6.05. The van der Waals surface area contributed by atoms with Gasteiger partial charge in [0.05, 0.1) is 14.2 Å². The van der Waals surface area contributed by atoms with Crippen molar-refractivity contribution in [2.45, 2.75) is 13.3 Å². The van der Waals surface area contributed by atoms with Crippen molar-refractivity contribution >= 4 is 11.6 Å². The van der Waals surface area contributed by atoms with Gasteiger partial charge in [0, 0.05) is 11.3 Å². The zero-order valence-electron chi connectivity index (χ0n) is 12.8. The summed E-state index contributed by atoms with van der Waals surface area (Å²) in [6.45, 7) is 1.97. The first-order valence-electron chi connectivity index (χ1n) is 6.94. The van der Waals surface area contributed by atoms with Crippen molar-refractivity contribution in [3.63, 3.8) is 0 Å². The van der Waals surface area contributed by atoms with Crippen LogP contribution < -0.4 is 14.8 Å². The zero-order valence-corrected chi connectivity index (χ0v) is 12.8. The number of anilines is 1. The molecule has 0 aliphatic heterocycles. The predicted octanol–water partition coefficient (Wildman–Crippen LogP) is 3.22. The lowest BCUT2D eigenvalue weighted by atomic mass is 10.0. The number of ether oxygens (including phenoxy) is 2. The van der Waals surface area contributed by atoms with Crippen molar-refractivity contribution in [1.29, 1.82) is 0 Å². The van der Waals surface area contributed by atoms with Crippen LogP contribution in [0, 0.1) is 0 Å². The molecule has 2 rings (SSSR count). The van der Waals surface area contributed by atoms with Crippen LogP contribution in [0.5, 0.6) is 17.2 Å². The first kappa shape index (κ1) is 15.7. The molecule has 22 heavy (non-hydrogen) atoms. The molecule has 2 N–H and O–H groups in total. The van der Waals surface area contributed by atoms with Gasteiger partial charge in [-0.25, -0.2) is 0 Å². The van der Waals surface area contributed by atoms with E-state index < -0.39 is 0 Å². The Balaban J connectivity index is 2.33. The summed E-state index contributed by atoms with van der Waals surface area (Å²) in [6, 6.07) is 9.80. The van der Waals surface area contributed by atoms with Crippen LogP contribution in [0.2, 0.25) is 0 Å². The Morgan fingerprint density at radius 2 is 1.68 bits per heavy atom. The van der Waals surface area contributed by atoms with E-state index in [1.54, 1.807) is 25.3 Å². The highest BCUT2D eigenvalue weighted by Crippen LogP contribution is 2.31. The minimum absolute atomic E-state index is 0.151. The third-order valence-electron chi connectivity index (χ3n) is 3.36. The summed E-state index contributed by atoms with van der Waals surface area (Å²) in [5.41, 5.74) is 2.02. The smallest absolute Gasteiger partial charge is 0.256 e. The van der Waals surface area contributed by atoms with Crippen LogP contribution >= 0.6 is 0 Å². The number of benzene rings is 2. The molecule has 0 atom stereocenters. The van der Waals surface area contributed by atoms with Gasteiger partial charge in [-0.1, -0.05) is 6.92 Å². The SMILES string of the molecule is CCc1cc(OC)c(OC)cc1C(=O)Nc1ccc(O)cc1. The van der Waals surface area contributed by atoms with Gasteiger partial charge in [-0.05, 0) is 48.4 Å². The summed E-state index contributed by atoms with van der Waals surface area (Å²) < 4.78 is 10.5. The maximum absolute atomic E-state index is 12.5. The number of phenolic OH excluding ortho intramolecular Hbond substituents is 1. The first-order valence-corrected chi connectivity index (χ1v) is 6.94. The Morgan fingerprint density at radius 3 is 2.23 bits per heavy atom. The van der Waals surface area contributed by atoms with Crippen LogP contribution in [0.15, 0.2) is 36.4 Å². The van der Waals surface area contributed by atoms with E-state index in [2.05, 4.69) is 5.32 Å². The molecule has 0 saturated carbocycles. The molecule has 2 aromatic carbocycles. The van der Waals surface area contributed by atoms with Crippen LogP contribution in [-0.4, -0.2) is 25.2 Å². The van der Waals surface area contributed by atoms with E-state index in [1.807, 2.05) is 13.0 Å². The molecule has 0 aromatic heterocycles. The maximum atomic E-state index is 12.5. The number of aryl methyl sites for hydroxylation is 1. The molecule has 0 aliphatic rings. The second-order valence-corrected chi connectivity index (χ2v) is 4.72. The minimum Gasteiger partial charge on any atom is -0.508 e. The molecule has 0 aliphatic carbocycles. The quantitative estimate of drug-likeness (QED) is 0.832. The number of hydrogen-bond donors (Lipinski definition) is 2. The van der Waals surface area contributed by atoms with E-state index in [0.717, 1.165) is 5.56 Å². The van der Waals surface area contributed by atoms with E-state index in [1.165, 1.54) is 19.2 Å². The number of amides is 1. The van der Waals surface area contributed by atoms with Crippen molar-refractivity contribution in [2.24, 2.45) is 0 Å². The number of rotatable bonds is 5. The average molecular weight is 301 g/mol. The van der Waals surface area contributed by atoms with Crippen molar-refractivity contribution in [3.05, 3.63) is 47.5 Å². The van der Waals surface area contributed by atoms with E-state index in [0.29, 0.717) is 29.2 Å². The first-order chi connectivity index (χ1) is 10.6. The molecule has 0 unspecified atom stereocenters. The molecule has 1 amide bonds. The van der Waals surface area contributed by atoms with Crippen molar-refractivity contribution < 1.29 is 19.4 Å². The monoisotopic (exact) mass is 301 g/mol. The molecule has 0 radical (unpaired) electrons. The van der Waals surface area contributed by atoms with E-state index >= 15 is 0 Å². The summed E-state index contributed by atoms with van der Waals surface area (Å²) in [6.07, 6.45) is 0.693. The summed E-state index contributed by atoms with van der Waals surface area (Å²) in [7, 11) is 3.10. The van der Waals surface area contributed by atoms with Crippen LogP contribution in [-0.2, 0) is 6.42 Å². The highest BCUT2D eigenvalue weighted by Gasteiger charge is 2.16. The number of carbonyl (C=O) groups excluding carboxylic acids is 1. The lowest BCUT2D eigenvalue weighted by Crippen LogP contribution is -2.14. The molecule has 2 aromatic rings. The number of phenols is 1. The van der Waals surface area contributed by atoms with Gasteiger partial charge in [-0.2, -0.15) is 0 Å². The number of carbonyl (C=O) groups is 1. The van der Waals surface area contributed by atoms with Gasteiger partial charge in [0.15, 0.2) is 11.5 Å². The third kappa shape index (κ3) is 3.31. The molecule has 0 bridgehead atoms. The number of aromatic hydroxyl groups is 1. The lowest BCUT2D eigenvalue weighted by molar-refractivity contribution is 0.102. The fourth-order valence-electron chi connectivity index (χ4n) is 2.17. The lowest BCUT2D eigenvalue weighted by Gasteiger charge is -2.14. The molecular formula is C17H19NO4. The van der Waals surface area contributed by atoms with E-state index in [9.17, 15) is 9.90 Å². The van der Waals surface area contributed by atoms with Crippen LogP contribution in [0.1, 0.15) is 22.8 Å². The van der Waals surface area contributed by atoms with Gasteiger partial charge in [0.1, 0.15) is 5.75 Å². The largest absolute Gasteiger partial charge is 0.508 e. The van der Waals surface area contributed by atoms with Gasteiger partial charge < -0.3 is 19.9 Å². The van der Waals surface area contributed by atoms with E-state index in [-0.39, 0.29) is 11.7 Å². The summed E-state index contributed by atoms with van der Waals surface area (Å²) in [5, 5.41) is 12.1. The number of hydrogen-bond acceptors (Lipinski definition) is 4. The molecule has 5 nitrogen and oxygen atoms in total. The summed E-state index contributed by atoms with van der Waals surface area (Å²) in [4.78, 5) is 12.5. The predicted molar refractivity (Wildman–Crippen MR) is 85.0 cm³/mol. The van der Waals surface area contributed by atoms with Crippen LogP contribution in [0.4, 0.5) is 5.69 Å². The Labute approximate surface area is 129 Å². The van der Waals surface area contributed by atoms with Gasteiger partial charge >= 0.3 is 0 Å².